The van der Waals surface area contributed by atoms with Crippen molar-refractivity contribution in [1.82, 2.24) is 0 Å². The van der Waals surface area contributed by atoms with Crippen LogP contribution in [-0.2, 0) is 6.18 Å². The predicted octanol–water partition coefficient (Wildman–Crippen LogP) is 5.16. The molecule has 0 aliphatic heterocycles. The van der Waals surface area contributed by atoms with Crippen molar-refractivity contribution in [1.29, 1.82) is 0 Å². The van der Waals surface area contributed by atoms with Gasteiger partial charge in [-0.3, -0.25) is 0 Å². The van der Waals surface area contributed by atoms with Crippen LogP contribution in [0.3, 0.4) is 0 Å². The summed E-state index contributed by atoms with van der Waals surface area (Å²) in [7, 11) is 0. The maximum atomic E-state index is 12.9. The third-order valence-electron chi connectivity index (χ3n) is 4.05. The Morgan fingerprint density at radius 3 is 2.40 bits per heavy atom. The number of rotatable bonds is 4. The van der Waals surface area contributed by atoms with Gasteiger partial charge in [0.25, 0.3) is 0 Å². The van der Waals surface area contributed by atoms with E-state index in [4.69, 9.17) is 11.6 Å². The molecule has 1 fully saturated rings. The van der Waals surface area contributed by atoms with Crippen LogP contribution in [0.4, 0.5) is 18.9 Å². The Morgan fingerprint density at radius 1 is 1.10 bits per heavy atom. The summed E-state index contributed by atoms with van der Waals surface area (Å²) in [5, 5.41) is 2.98. The highest BCUT2D eigenvalue weighted by Crippen LogP contribution is 2.36. The first-order valence-corrected chi connectivity index (χ1v) is 7.52. The lowest BCUT2D eigenvalue weighted by Crippen LogP contribution is -2.28. The molecule has 1 aromatic carbocycles. The van der Waals surface area contributed by atoms with Crippen LogP contribution < -0.4 is 5.32 Å². The number of para-hydroxylation sites is 1. The van der Waals surface area contributed by atoms with Gasteiger partial charge in [-0.05, 0) is 36.8 Å². The van der Waals surface area contributed by atoms with Gasteiger partial charge in [-0.1, -0.05) is 25.0 Å². The number of alkyl halides is 4. The largest absolute Gasteiger partial charge is 0.418 e. The molecule has 1 saturated carbocycles. The van der Waals surface area contributed by atoms with Gasteiger partial charge in [0.15, 0.2) is 0 Å². The molecule has 0 heterocycles. The zero-order valence-corrected chi connectivity index (χ0v) is 12.0. The smallest absolute Gasteiger partial charge is 0.384 e. The fourth-order valence-electron chi connectivity index (χ4n) is 2.88. The number of hydrogen-bond acceptors (Lipinski definition) is 1. The van der Waals surface area contributed by atoms with Crippen LogP contribution in [0.1, 0.15) is 31.2 Å². The first-order chi connectivity index (χ1) is 9.52. The molecule has 20 heavy (non-hydrogen) atoms. The van der Waals surface area contributed by atoms with Gasteiger partial charge >= 0.3 is 6.18 Å². The lowest BCUT2D eigenvalue weighted by Gasteiger charge is -2.30. The predicted molar refractivity (Wildman–Crippen MR) is 76.1 cm³/mol. The van der Waals surface area contributed by atoms with Crippen LogP contribution in [0, 0.1) is 11.8 Å². The van der Waals surface area contributed by atoms with Crippen molar-refractivity contribution in [3.8, 4) is 0 Å². The van der Waals surface area contributed by atoms with E-state index in [1.807, 2.05) is 0 Å². The first kappa shape index (κ1) is 15.5. The van der Waals surface area contributed by atoms with Gasteiger partial charge < -0.3 is 5.32 Å². The van der Waals surface area contributed by atoms with E-state index >= 15 is 0 Å². The van der Waals surface area contributed by atoms with Crippen molar-refractivity contribution >= 4 is 17.3 Å². The fourth-order valence-corrected chi connectivity index (χ4v) is 3.29. The van der Waals surface area contributed by atoms with Gasteiger partial charge in [0.1, 0.15) is 0 Å². The van der Waals surface area contributed by atoms with Crippen LogP contribution in [0.5, 0.6) is 0 Å². The van der Waals surface area contributed by atoms with Crippen molar-refractivity contribution < 1.29 is 13.2 Å². The van der Waals surface area contributed by atoms with Gasteiger partial charge in [-0.15, -0.1) is 11.6 Å². The Labute approximate surface area is 122 Å². The highest BCUT2D eigenvalue weighted by atomic mass is 35.5. The summed E-state index contributed by atoms with van der Waals surface area (Å²) >= 11 is 5.95. The molecule has 0 radical (unpaired) electrons. The summed E-state index contributed by atoms with van der Waals surface area (Å²) in [4.78, 5) is 0. The summed E-state index contributed by atoms with van der Waals surface area (Å²) in [6, 6.07) is 5.64. The Morgan fingerprint density at radius 2 is 1.75 bits per heavy atom. The Bertz CT molecular complexity index is 433. The molecule has 2 rings (SSSR count). The second-order valence-electron chi connectivity index (χ2n) is 5.38. The molecule has 1 N–H and O–H groups in total. The summed E-state index contributed by atoms with van der Waals surface area (Å²) in [6.45, 7) is 0.560. The van der Waals surface area contributed by atoms with Crippen molar-refractivity contribution in [3.63, 3.8) is 0 Å². The van der Waals surface area contributed by atoms with E-state index in [-0.39, 0.29) is 5.69 Å². The average molecular weight is 306 g/mol. The van der Waals surface area contributed by atoms with Gasteiger partial charge in [-0.2, -0.15) is 13.2 Å². The molecule has 2 atom stereocenters. The van der Waals surface area contributed by atoms with Crippen molar-refractivity contribution in [2.24, 2.45) is 11.8 Å². The fraction of sp³-hybridized carbons (Fsp3) is 0.600. The van der Waals surface area contributed by atoms with Crippen LogP contribution in [0.15, 0.2) is 24.3 Å². The molecular formula is C15H19ClF3N. The molecule has 112 valence electrons. The molecule has 1 aliphatic rings. The third kappa shape index (κ3) is 3.81. The molecule has 0 aromatic heterocycles. The summed E-state index contributed by atoms with van der Waals surface area (Å²) in [5.74, 6) is 1.37. The summed E-state index contributed by atoms with van der Waals surface area (Å²) in [5.41, 5.74) is -0.433. The van der Waals surface area contributed by atoms with E-state index in [9.17, 15) is 13.2 Å². The molecule has 0 bridgehead atoms. The molecule has 0 amide bonds. The van der Waals surface area contributed by atoms with E-state index in [0.29, 0.717) is 24.3 Å². The second-order valence-corrected chi connectivity index (χ2v) is 5.69. The molecule has 0 saturated heterocycles. The zero-order chi connectivity index (χ0) is 14.6. The number of nitrogens with one attached hydrogen (secondary N) is 1. The maximum absolute atomic E-state index is 12.9. The standard InChI is InChI=1S/C15H19ClF3N/c16-9-11-5-1-2-6-12(11)10-20-14-8-4-3-7-13(14)15(17,18)19/h3-4,7-8,11-12,20H,1-2,5-6,9-10H2. The molecule has 1 aliphatic carbocycles. The number of benzene rings is 1. The molecule has 1 nitrogen and oxygen atoms in total. The minimum Gasteiger partial charge on any atom is -0.384 e. The highest BCUT2D eigenvalue weighted by Gasteiger charge is 2.33. The molecule has 1 aromatic rings. The summed E-state index contributed by atoms with van der Waals surface area (Å²) in [6.07, 6.45) is 0.116. The van der Waals surface area contributed by atoms with Crippen LogP contribution in [-0.4, -0.2) is 12.4 Å². The monoisotopic (exact) mass is 305 g/mol. The van der Waals surface area contributed by atoms with Gasteiger partial charge in [-0.25, -0.2) is 0 Å². The highest BCUT2D eigenvalue weighted by molar-refractivity contribution is 6.18. The SMILES string of the molecule is FC(F)(F)c1ccccc1NCC1CCCCC1CCl. The topological polar surface area (TPSA) is 12.0 Å². The van der Waals surface area contributed by atoms with Crippen molar-refractivity contribution in [3.05, 3.63) is 29.8 Å². The number of hydrogen-bond donors (Lipinski definition) is 1. The number of anilines is 1. The minimum absolute atomic E-state index is 0.166. The first-order valence-electron chi connectivity index (χ1n) is 6.98. The van der Waals surface area contributed by atoms with Crippen molar-refractivity contribution in [2.45, 2.75) is 31.9 Å². The zero-order valence-electron chi connectivity index (χ0n) is 11.2. The van der Waals surface area contributed by atoms with Crippen LogP contribution >= 0.6 is 11.6 Å². The van der Waals surface area contributed by atoms with Gasteiger partial charge in [0.2, 0.25) is 0 Å². The molecular weight excluding hydrogens is 287 g/mol. The Hall–Kier alpha value is -0.900. The van der Waals surface area contributed by atoms with Crippen molar-refractivity contribution in [2.75, 3.05) is 17.7 Å². The lowest BCUT2D eigenvalue weighted by molar-refractivity contribution is -0.137. The van der Waals surface area contributed by atoms with E-state index in [1.54, 1.807) is 6.07 Å². The molecule has 0 spiro atoms. The Balaban J connectivity index is 2.03. The minimum atomic E-state index is -4.32. The quantitative estimate of drug-likeness (QED) is 0.757. The van der Waals surface area contributed by atoms with E-state index in [2.05, 4.69) is 5.32 Å². The van der Waals surface area contributed by atoms with Gasteiger partial charge in [0, 0.05) is 18.1 Å². The van der Waals surface area contributed by atoms with E-state index < -0.39 is 11.7 Å². The Kier molecular flexibility index (Phi) is 5.19. The number of halogens is 4. The normalized spacial score (nSPS) is 23.6. The van der Waals surface area contributed by atoms with E-state index in [1.165, 1.54) is 18.6 Å². The summed E-state index contributed by atoms with van der Waals surface area (Å²) < 4.78 is 38.7. The van der Waals surface area contributed by atoms with Crippen LogP contribution in [0.2, 0.25) is 0 Å². The third-order valence-corrected chi connectivity index (χ3v) is 4.45. The second kappa shape index (κ2) is 6.70. The van der Waals surface area contributed by atoms with E-state index in [0.717, 1.165) is 25.3 Å². The lowest BCUT2D eigenvalue weighted by atomic mass is 9.80. The molecule has 2 unspecified atom stereocenters. The average Bonchev–Trinajstić information content (AvgIpc) is 2.44. The maximum Gasteiger partial charge on any atom is 0.418 e. The van der Waals surface area contributed by atoms with Crippen LogP contribution in [0.25, 0.3) is 0 Å². The molecule has 5 heteroatoms. The van der Waals surface area contributed by atoms with Gasteiger partial charge in [0.05, 0.1) is 5.56 Å².